The molecule has 0 radical (unpaired) electrons. The SMILES string of the molecule is CC(=O)NCC#Cc1ncsc1-c1ccc(C(C)NC(=O)O)cc1. The maximum Gasteiger partial charge on any atom is 0.405 e. The van der Waals surface area contributed by atoms with E-state index in [1.165, 1.54) is 18.3 Å². The van der Waals surface area contributed by atoms with Crippen LogP contribution in [0.25, 0.3) is 10.4 Å². The van der Waals surface area contributed by atoms with Crippen LogP contribution < -0.4 is 10.6 Å². The maximum atomic E-state index is 10.8. The Morgan fingerprint density at radius 1 is 1.33 bits per heavy atom. The molecule has 0 aliphatic carbocycles. The monoisotopic (exact) mass is 343 g/mol. The van der Waals surface area contributed by atoms with Crippen LogP contribution in [0.15, 0.2) is 29.8 Å². The molecule has 0 aliphatic rings. The standard InChI is InChI=1S/C17H17N3O3S/c1-11(20-17(22)23)13-5-7-14(8-6-13)16-15(19-10-24-16)4-3-9-18-12(2)21/h5-8,10-11,20H,9H2,1-2H3,(H,18,21)(H,22,23). The molecule has 0 bridgehead atoms. The van der Waals surface area contributed by atoms with Crippen molar-refractivity contribution in [2.75, 3.05) is 6.54 Å². The van der Waals surface area contributed by atoms with E-state index in [0.29, 0.717) is 5.69 Å². The Labute approximate surface area is 143 Å². The van der Waals surface area contributed by atoms with Gasteiger partial charge in [0.1, 0.15) is 5.69 Å². The number of nitrogens with one attached hydrogen (secondary N) is 2. The van der Waals surface area contributed by atoms with Gasteiger partial charge in [0, 0.05) is 6.92 Å². The van der Waals surface area contributed by atoms with Gasteiger partial charge in [0.15, 0.2) is 0 Å². The van der Waals surface area contributed by atoms with E-state index in [1.807, 2.05) is 24.3 Å². The molecule has 1 aromatic heterocycles. The molecule has 1 aromatic carbocycles. The van der Waals surface area contributed by atoms with Crippen LogP contribution >= 0.6 is 11.3 Å². The van der Waals surface area contributed by atoms with E-state index in [9.17, 15) is 9.59 Å². The van der Waals surface area contributed by atoms with Gasteiger partial charge in [-0.25, -0.2) is 9.78 Å². The molecule has 0 saturated carbocycles. The van der Waals surface area contributed by atoms with Gasteiger partial charge in [-0.1, -0.05) is 30.2 Å². The smallest absolute Gasteiger partial charge is 0.405 e. The van der Waals surface area contributed by atoms with Gasteiger partial charge >= 0.3 is 6.09 Å². The number of nitrogens with zero attached hydrogens (tertiary/aromatic N) is 1. The molecule has 24 heavy (non-hydrogen) atoms. The summed E-state index contributed by atoms with van der Waals surface area (Å²) in [5, 5.41) is 13.8. The fourth-order valence-electron chi connectivity index (χ4n) is 2.03. The lowest BCUT2D eigenvalue weighted by atomic mass is 10.0. The van der Waals surface area contributed by atoms with Gasteiger partial charge in [-0.15, -0.1) is 11.3 Å². The van der Waals surface area contributed by atoms with Gasteiger partial charge < -0.3 is 15.7 Å². The topological polar surface area (TPSA) is 91.3 Å². The first-order valence-corrected chi connectivity index (χ1v) is 8.12. The van der Waals surface area contributed by atoms with Crippen molar-refractivity contribution in [2.24, 2.45) is 0 Å². The van der Waals surface area contributed by atoms with Gasteiger partial charge in [-0.05, 0) is 24.0 Å². The zero-order chi connectivity index (χ0) is 17.5. The van der Waals surface area contributed by atoms with E-state index in [4.69, 9.17) is 5.11 Å². The van der Waals surface area contributed by atoms with Gasteiger partial charge in [-0.2, -0.15) is 0 Å². The fourth-order valence-corrected chi connectivity index (χ4v) is 2.78. The normalized spacial score (nSPS) is 11.1. The summed E-state index contributed by atoms with van der Waals surface area (Å²) in [5.41, 5.74) is 4.23. The molecule has 124 valence electrons. The predicted octanol–water partition coefficient (Wildman–Crippen LogP) is 2.63. The highest BCUT2D eigenvalue weighted by Gasteiger charge is 2.10. The largest absolute Gasteiger partial charge is 0.465 e. The second-order valence-corrected chi connectivity index (χ2v) is 5.89. The summed E-state index contributed by atoms with van der Waals surface area (Å²) >= 11 is 1.48. The number of amides is 2. The van der Waals surface area contributed by atoms with Crippen molar-refractivity contribution >= 4 is 23.3 Å². The van der Waals surface area contributed by atoms with E-state index >= 15 is 0 Å². The Bertz CT molecular complexity index is 787. The third kappa shape index (κ3) is 4.83. The maximum absolute atomic E-state index is 10.8. The van der Waals surface area contributed by atoms with E-state index in [0.717, 1.165) is 16.0 Å². The highest BCUT2D eigenvalue weighted by molar-refractivity contribution is 7.13. The highest BCUT2D eigenvalue weighted by atomic mass is 32.1. The lowest BCUT2D eigenvalue weighted by molar-refractivity contribution is -0.118. The lowest BCUT2D eigenvalue weighted by Gasteiger charge is -2.12. The minimum atomic E-state index is -1.05. The molecule has 1 unspecified atom stereocenters. The lowest BCUT2D eigenvalue weighted by Crippen LogP contribution is -2.24. The molecular weight excluding hydrogens is 326 g/mol. The number of carboxylic acid groups (broad SMARTS) is 1. The van der Waals surface area contributed by atoms with Gasteiger partial charge in [0.25, 0.3) is 0 Å². The van der Waals surface area contributed by atoms with E-state index in [-0.39, 0.29) is 18.5 Å². The first kappa shape index (κ1) is 17.5. The third-order valence-electron chi connectivity index (χ3n) is 3.21. The average Bonchev–Trinajstić information content (AvgIpc) is 2.99. The molecule has 2 aromatic rings. The highest BCUT2D eigenvalue weighted by Crippen LogP contribution is 2.28. The van der Waals surface area contributed by atoms with E-state index in [1.54, 1.807) is 12.4 Å². The Morgan fingerprint density at radius 3 is 2.67 bits per heavy atom. The van der Waals surface area contributed by atoms with Crippen molar-refractivity contribution in [3.63, 3.8) is 0 Å². The molecule has 0 spiro atoms. The Morgan fingerprint density at radius 2 is 2.04 bits per heavy atom. The van der Waals surface area contributed by atoms with E-state index < -0.39 is 6.09 Å². The summed E-state index contributed by atoms with van der Waals surface area (Å²) < 4.78 is 0. The van der Waals surface area contributed by atoms with Crippen molar-refractivity contribution in [3.05, 3.63) is 41.0 Å². The summed E-state index contributed by atoms with van der Waals surface area (Å²) in [6.07, 6.45) is -1.05. The summed E-state index contributed by atoms with van der Waals surface area (Å²) in [6.45, 7) is 3.51. The number of benzene rings is 1. The Hall–Kier alpha value is -2.85. The second-order valence-electron chi connectivity index (χ2n) is 5.03. The van der Waals surface area contributed by atoms with Crippen LogP contribution in [-0.4, -0.2) is 28.6 Å². The first-order valence-electron chi connectivity index (χ1n) is 7.24. The van der Waals surface area contributed by atoms with Crippen LogP contribution in [-0.2, 0) is 4.79 Å². The molecule has 6 nitrogen and oxygen atoms in total. The van der Waals surface area contributed by atoms with Gasteiger partial charge in [0.2, 0.25) is 5.91 Å². The van der Waals surface area contributed by atoms with Crippen LogP contribution in [0.3, 0.4) is 0 Å². The summed E-state index contributed by atoms with van der Waals surface area (Å²) in [5.74, 6) is 5.70. The number of carbonyl (C=O) groups is 2. The number of thiazole rings is 1. The van der Waals surface area contributed by atoms with Crippen molar-refractivity contribution in [2.45, 2.75) is 19.9 Å². The summed E-state index contributed by atoms with van der Waals surface area (Å²) in [7, 11) is 0. The molecule has 2 rings (SSSR count). The molecule has 3 N–H and O–H groups in total. The summed E-state index contributed by atoms with van der Waals surface area (Å²) in [4.78, 5) is 26.7. The van der Waals surface area contributed by atoms with Crippen molar-refractivity contribution in [1.29, 1.82) is 0 Å². The molecule has 7 heteroatoms. The van der Waals surface area contributed by atoms with Crippen LogP contribution in [0.1, 0.15) is 31.1 Å². The van der Waals surface area contributed by atoms with E-state index in [2.05, 4.69) is 27.5 Å². The van der Waals surface area contributed by atoms with Crippen molar-refractivity contribution in [1.82, 2.24) is 15.6 Å². The minimum Gasteiger partial charge on any atom is -0.465 e. The average molecular weight is 343 g/mol. The molecule has 0 saturated heterocycles. The van der Waals surface area contributed by atoms with Crippen LogP contribution in [0, 0.1) is 11.8 Å². The van der Waals surface area contributed by atoms with Crippen molar-refractivity contribution < 1.29 is 14.7 Å². The molecule has 1 atom stereocenters. The van der Waals surface area contributed by atoms with Crippen molar-refractivity contribution in [3.8, 4) is 22.3 Å². The quantitative estimate of drug-likeness (QED) is 0.744. The molecule has 0 fully saturated rings. The number of rotatable bonds is 4. The fraction of sp³-hybridized carbons (Fsp3) is 0.235. The molecule has 0 aliphatic heterocycles. The molecule has 1 heterocycles. The number of aromatic nitrogens is 1. The number of carbonyl (C=O) groups excluding carboxylic acids is 1. The molecule has 2 amide bonds. The van der Waals surface area contributed by atoms with Gasteiger partial charge in [0.05, 0.1) is 23.0 Å². The van der Waals surface area contributed by atoms with Crippen LogP contribution in [0.2, 0.25) is 0 Å². The predicted molar refractivity (Wildman–Crippen MR) is 92.7 cm³/mol. The number of hydrogen-bond acceptors (Lipinski definition) is 4. The second kappa shape index (κ2) is 8.13. The zero-order valence-corrected chi connectivity index (χ0v) is 14.1. The zero-order valence-electron chi connectivity index (χ0n) is 13.3. The molecular formula is C17H17N3O3S. The number of hydrogen-bond donors (Lipinski definition) is 3. The van der Waals surface area contributed by atoms with Crippen LogP contribution in [0.4, 0.5) is 4.79 Å². The Balaban J connectivity index is 2.14. The third-order valence-corrected chi connectivity index (χ3v) is 4.09. The summed E-state index contributed by atoms with van der Waals surface area (Å²) in [6, 6.07) is 7.31. The van der Waals surface area contributed by atoms with Gasteiger partial charge in [-0.3, -0.25) is 4.79 Å². The first-order chi connectivity index (χ1) is 11.5. The Kier molecular flexibility index (Phi) is 5.93. The van der Waals surface area contributed by atoms with Crippen LogP contribution in [0.5, 0.6) is 0 Å². The minimum absolute atomic E-state index is 0.123.